The van der Waals surface area contributed by atoms with Crippen molar-refractivity contribution in [2.24, 2.45) is 0 Å². The summed E-state index contributed by atoms with van der Waals surface area (Å²) in [7, 11) is 0. The fraction of sp³-hybridized carbons (Fsp3) is 0.222. The van der Waals surface area contributed by atoms with Crippen molar-refractivity contribution in [3.8, 4) is 0 Å². The third kappa shape index (κ3) is 2.72. The van der Waals surface area contributed by atoms with Crippen LogP contribution in [0, 0.1) is 13.7 Å². The van der Waals surface area contributed by atoms with E-state index in [2.05, 4.69) is 25.9 Å². The summed E-state index contributed by atoms with van der Waals surface area (Å²) in [6, 6.07) is 4.68. The second kappa shape index (κ2) is 5.25. The third-order valence-electron chi connectivity index (χ3n) is 2.28. The standard InChI is InChI=1S/C9H9IN6O2/c1-5(9-12-14-15-13-9)11-7-3-2-6(10)4-8(7)16(17)18/h2-5,11H,1H3,(H,12,13,14,15). The lowest BCUT2D eigenvalue weighted by molar-refractivity contribution is -0.384. The second-order valence-corrected chi connectivity index (χ2v) is 4.80. The number of tetrazole rings is 1. The average Bonchev–Trinajstić information content (AvgIpc) is 2.84. The van der Waals surface area contributed by atoms with E-state index >= 15 is 0 Å². The molecule has 0 fully saturated rings. The summed E-state index contributed by atoms with van der Waals surface area (Å²) < 4.78 is 0.803. The fourth-order valence-corrected chi connectivity index (χ4v) is 1.90. The van der Waals surface area contributed by atoms with Crippen molar-refractivity contribution in [3.05, 3.63) is 37.7 Å². The van der Waals surface area contributed by atoms with Crippen LogP contribution in [-0.4, -0.2) is 25.5 Å². The van der Waals surface area contributed by atoms with Crippen LogP contribution in [0.4, 0.5) is 11.4 Å². The number of aromatic nitrogens is 4. The second-order valence-electron chi connectivity index (χ2n) is 3.55. The zero-order valence-corrected chi connectivity index (χ0v) is 11.5. The summed E-state index contributed by atoms with van der Waals surface area (Å²) in [5.41, 5.74) is 0.454. The van der Waals surface area contributed by atoms with E-state index in [1.807, 2.05) is 22.6 Å². The number of benzene rings is 1. The van der Waals surface area contributed by atoms with Crippen molar-refractivity contribution in [2.75, 3.05) is 5.32 Å². The molecule has 94 valence electrons. The Morgan fingerprint density at radius 2 is 2.33 bits per heavy atom. The van der Waals surface area contributed by atoms with E-state index in [4.69, 9.17) is 0 Å². The van der Waals surface area contributed by atoms with Gasteiger partial charge in [-0.15, -0.1) is 10.2 Å². The first-order valence-electron chi connectivity index (χ1n) is 5.01. The number of anilines is 1. The van der Waals surface area contributed by atoms with E-state index in [1.54, 1.807) is 19.1 Å². The van der Waals surface area contributed by atoms with Crippen LogP contribution >= 0.6 is 22.6 Å². The number of H-pyrrole nitrogens is 1. The molecule has 0 aliphatic heterocycles. The number of halogens is 1. The number of nitro benzene ring substituents is 1. The highest BCUT2D eigenvalue weighted by Crippen LogP contribution is 2.28. The third-order valence-corrected chi connectivity index (χ3v) is 2.95. The molecule has 0 bridgehead atoms. The van der Waals surface area contributed by atoms with Crippen LogP contribution in [0.3, 0.4) is 0 Å². The molecule has 1 unspecified atom stereocenters. The van der Waals surface area contributed by atoms with Crippen LogP contribution < -0.4 is 5.32 Å². The molecule has 0 amide bonds. The maximum Gasteiger partial charge on any atom is 0.293 e. The first-order valence-corrected chi connectivity index (χ1v) is 6.09. The van der Waals surface area contributed by atoms with Gasteiger partial charge in [-0.25, -0.2) is 0 Å². The van der Waals surface area contributed by atoms with Crippen LogP contribution in [0.1, 0.15) is 18.8 Å². The zero-order chi connectivity index (χ0) is 13.1. The van der Waals surface area contributed by atoms with Gasteiger partial charge in [0, 0.05) is 9.64 Å². The van der Waals surface area contributed by atoms with Gasteiger partial charge in [0.15, 0.2) is 5.82 Å². The number of nitro groups is 1. The van der Waals surface area contributed by atoms with E-state index in [9.17, 15) is 10.1 Å². The molecule has 0 saturated carbocycles. The Balaban J connectivity index is 2.26. The zero-order valence-electron chi connectivity index (χ0n) is 9.29. The molecule has 1 atom stereocenters. The van der Waals surface area contributed by atoms with E-state index < -0.39 is 4.92 Å². The highest BCUT2D eigenvalue weighted by molar-refractivity contribution is 14.1. The van der Waals surface area contributed by atoms with Crippen molar-refractivity contribution < 1.29 is 4.92 Å². The van der Waals surface area contributed by atoms with Gasteiger partial charge < -0.3 is 5.32 Å². The van der Waals surface area contributed by atoms with Gasteiger partial charge in [0.25, 0.3) is 5.69 Å². The number of nitrogens with one attached hydrogen (secondary N) is 2. The Kier molecular flexibility index (Phi) is 3.69. The molecule has 2 aromatic rings. The summed E-state index contributed by atoms with van der Waals surface area (Å²) >= 11 is 2.03. The predicted octanol–water partition coefficient (Wildman–Crippen LogP) is 1.89. The highest BCUT2D eigenvalue weighted by Gasteiger charge is 2.18. The van der Waals surface area contributed by atoms with Crippen LogP contribution in [0.2, 0.25) is 0 Å². The molecule has 0 radical (unpaired) electrons. The summed E-state index contributed by atoms with van der Waals surface area (Å²) in [6.45, 7) is 1.80. The van der Waals surface area contributed by atoms with Crippen molar-refractivity contribution in [2.45, 2.75) is 13.0 Å². The van der Waals surface area contributed by atoms with Gasteiger partial charge in [0.2, 0.25) is 0 Å². The van der Waals surface area contributed by atoms with Crippen molar-refractivity contribution in [1.29, 1.82) is 0 Å². The van der Waals surface area contributed by atoms with E-state index in [-0.39, 0.29) is 11.7 Å². The molecule has 0 saturated heterocycles. The average molecular weight is 360 g/mol. The molecular formula is C9H9IN6O2. The van der Waals surface area contributed by atoms with Crippen LogP contribution in [0.5, 0.6) is 0 Å². The van der Waals surface area contributed by atoms with Crippen molar-refractivity contribution in [1.82, 2.24) is 20.6 Å². The molecule has 9 heteroatoms. The minimum atomic E-state index is -0.423. The first kappa shape index (κ1) is 12.7. The molecule has 2 N–H and O–H groups in total. The Hall–Kier alpha value is -1.78. The Morgan fingerprint density at radius 3 is 2.94 bits per heavy atom. The molecule has 2 rings (SSSR count). The molecule has 0 spiro atoms. The molecule has 1 heterocycles. The van der Waals surface area contributed by atoms with Gasteiger partial charge in [-0.05, 0) is 41.6 Å². The highest BCUT2D eigenvalue weighted by atomic mass is 127. The maximum atomic E-state index is 11.0. The largest absolute Gasteiger partial charge is 0.370 e. The lowest BCUT2D eigenvalue weighted by Crippen LogP contribution is -2.10. The van der Waals surface area contributed by atoms with Gasteiger partial charge in [0.05, 0.1) is 11.0 Å². The predicted molar refractivity (Wildman–Crippen MR) is 72.0 cm³/mol. The van der Waals surface area contributed by atoms with E-state index in [1.165, 1.54) is 6.07 Å². The van der Waals surface area contributed by atoms with Gasteiger partial charge >= 0.3 is 0 Å². The topological polar surface area (TPSA) is 110 Å². The van der Waals surface area contributed by atoms with Gasteiger partial charge in [-0.1, -0.05) is 5.21 Å². The smallest absolute Gasteiger partial charge is 0.293 e. The van der Waals surface area contributed by atoms with Gasteiger partial charge in [0.1, 0.15) is 5.69 Å². The van der Waals surface area contributed by atoms with E-state index in [0.29, 0.717) is 11.5 Å². The van der Waals surface area contributed by atoms with Crippen LogP contribution in [-0.2, 0) is 0 Å². The van der Waals surface area contributed by atoms with Crippen molar-refractivity contribution >= 4 is 34.0 Å². The first-order chi connectivity index (χ1) is 8.58. The van der Waals surface area contributed by atoms with Crippen LogP contribution in [0.15, 0.2) is 18.2 Å². The number of aromatic amines is 1. The number of nitrogens with zero attached hydrogens (tertiary/aromatic N) is 4. The summed E-state index contributed by atoms with van der Waals surface area (Å²) in [5.74, 6) is 0.447. The molecule has 0 aliphatic rings. The van der Waals surface area contributed by atoms with Gasteiger partial charge in [-0.3, -0.25) is 10.1 Å². The van der Waals surface area contributed by atoms with Crippen LogP contribution in [0.25, 0.3) is 0 Å². The summed E-state index contributed by atoms with van der Waals surface area (Å²) in [4.78, 5) is 10.5. The van der Waals surface area contributed by atoms with E-state index in [0.717, 1.165) is 3.57 Å². The minimum absolute atomic E-state index is 0.0252. The van der Waals surface area contributed by atoms with Crippen molar-refractivity contribution in [3.63, 3.8) is 0 Å². The number of rotatable bonds is 4. The van der Waals surface area contributed by atoms with Gasteiger partial charge in [-0.2, -0.15) is 5.21 Å². The normalized spacial score (nSPS) is 12.1. The molecule has 1 aromatic heterocycles. The molecular weight excluding hydrogens is 351 g/mol. The lowest BCUT2D eigenvalue weighted by atomic mass is 10.2. The SMILES string of the molecule is CC(Nc1ccc(I)cc1[N+](=O)[O-])c1nn[nH]n1. The Morgan fingerprint density at radius 1 is 1.56 bits per heavy atom. The molecule has 8 nitrogen and oxygen atoms in total. The quantitative estimate of drug-likeness (QED) is 0.490. The fourth-order valence-electron chi connectivity index (χ4n) is 1.43. The summed E-state index contributed by atoms with van der Waals surface area (Å²) in [6.07, 6.45) is 0. The Bertz CT molecular complexity index is 558. The molecule has 1 aromatic carbocycles. The molecule has 0 aliphatic carbocycles. The molecule has 18 heavy (non-hydrogen) atoms. The lowest BCUT2D eigenvalue weighted by Gasteiger charge is -2.11. The number of hydrogen-bond donors (Lipinski definition) is 2. The number of hydrogen-bond acceptors (Lipinski definition) is 6. The minimum Gasteiger partial charge on any atom is -0.370 e. The Labute approximate surface area is 115 Å². The maximum absolute atomic E-state index is 11.0. The monoisotopic (exact) mass is 360 g/mol. The summed E-state index contributed by atoms with van der Waals surface area (Å²) in [5, 5.41) is 27.4.